The molecule has 1 saturated heterocycles. The molecule has 0 saturated carbocycles. The van der Waals surface area contributed by atoms with Crippen LogP contribution in [0.25, 0.3) is 5.53 Å². The zero-order valence-electron chi connectivity index (χ0n) is 9.78. The second kappa shape index (κ2) is 7.25. The monoisotopic (exact) mass is 224 g/mol. The number of Topliss-reactive ketones (excluding diaryl/α,β-unsaturated/α-hetero) is 2. The van der Waals surface area contributed by atoms with Gasteiger partial charge in [0.1, 0.15) is 0 Å². The molecule has 0 bridgehead atoms. The molecule has 1 aliphatic rings. The van der Waals surface area contributed by atoms with E-state index >= 15 is 0 Å². The third-order valence-electron chi connectivity index (χ3n) is 2.88. The fourth-order valence-electron chi connectivity index (χ4n) is 1.97. The molecular formula is C12H20N2O2. The van der Waals surface area contributed by atoms with Crippen molar-refractivity contribution in [1.29, 1.82) is 0 Å². The van der Waals surface area contributed by atoms with Crippen LogP contribution in [0.5, 0.6) is 0 Å². The van der Waals surface area contributed by atoms with Gasteiger partial charge in [-0.25, -0.2) is 0 Å². The van der Waals surface area contributed by atoms with Gasteiger partial charge in [-0.15, -0.1) is 0 Å². The molecule has 0 atom stereocenters. The maximum Gasteiger partial charge on any atom is 0.196 e. The number of nitrogens with zero attached hydrogens (tertiary/aromatic N) is 2. The molecule has 90 valence electrons. The molecule has 1 fully saturated rings. The van der Waals surface area contributed by atoms with Gasteiger partial charge in [0.2, 0.25) is 0 Å². The lowest BCUT2D eigenvalue weighted by Crippen LogP contribution is -2.23. The van der Waals surface area contributed by atoms with Gasteiger partial charge < -0.3 is 10.2 Å². The lowest BCUT2D eigenvalue weighted by Gasteiger charge is -2.05. The van der Waals surface area contributed by atoms with Crippen LogP contribution in [-0.2, 0) is 9.59 Å². The van der Waals surface area contributed by atoms with E-state index in [1.165, 1.54) is 0 Å². The Labute approximate surface area is 96.5 Å². The minimum absolute atomic E-state index is 0.00819. The van der Waals surface area contributed by atoms with Crippen LogP contribution in [0.2, 0.25) is 0 Å². The fourth-order valence-corrected chi connectivity index (χ4v) is 1.97. The molecule has 1 heterocycles. The highest BCUT2D eigenvalue weighted by Crippen LogP contribution is 2.10. The van der Waals surface area contributed by atoms with Gasteiger partial charge in [0.25, 0.3) is 0 Å². The van der Waals surface area contributed by atoms with E-state index in [0.717, 1.165) is 43.2 Å². The summed E-state index contributed by atoms with van der Waals surface area (Å²) < 4.78 is 0.850. The molecule has 0 N–H and O–H groups in total. The van der Waals surface area contributed by atoms with Crippen molar-refractivity contribution >= 4 is 11.6 Å². The lowest BCUT2D eigenvalue weighted by molar-refractivity contribution is -0.526. The van der Waals surface area contributed by atoms with E-state index in [1.807, 2.05) is 0 Å². The molecule has 16 heavy (non-hydrogen) atoms. The zero-order chi connectivity index (χ0) is 11.8. The summed E-state index contributed by atoms with van der Waals surface area (Å²) in [6, 6.07) is 0. The van der Waals surface area contributed by atoms with Crippen molar-refractivity contribution < 1.29 is 14.3 Å². The van der Waals surface area contributed by atoms with Gasteiger partial charge in [0, 0.05) is 12.8 Å². The lowest BCUT2D eigenvalue weighted by atomic mass is 10.1. The van der Waals surface area contributed by atoms with Crippen LogP contribution in [0.4, 0.5) is 0 Å². The van der Waals surface area contributed by atoms with Crippen molar-refractivity contribution in [2.75, 3.05) is 13.1 Å². The van der Waals surface area contributed by atoms with E-state index in [0.29, 0.717) is 12.8 Å². The quantitative estimate of drug-likeness (QED) is 0.593. The molecular weight excluding hydrogens is 204 g/mol. The summed E-state index contributed by atoms with van der Waals surface area (Å²) >= 11 is 0. The van der Waals surface area contributed by atoms with Crippen molar-refractivity contribution in [3.05, 3.63) is 5.53 Å². The van der Waals surface area contributed by atoms with E-state index in [2.05, 4.69) is 0 Å². The van der Waals surface area contributed by atoms with Gasteiger partial charge in [-0.05, 0) is 12.8 Å². The summed E-state index contributed by atoms with van der Waals surface area (Å²) in [5.74, 6) is 0.0455. The van der Waals surface area contributed by atoms with E-state index in [4.69, 9.17) is 0 Å². The van der Waals surface area contributed by atoms with Gasteiger partial charge in [-0.2, -0.15) is 0 Å². The second-order valence-corrected chi connectivity index (χ2v) is 4.52. The number of carbonyl (C=O) groups is 2. The van der Waals surface area contributed by atoms with Crippen LogP contribution in [-0.4, -0.2) is 29.4 Å². The highest BCUT2D eigenvalue weighted by Gasteiger charge is 2.12. The van der Waals surface area contributed by atoms with Crippen molar-refractivity contribution in [2.24, 2.45) is 0 Å². The Morgan fingerprint density at radius 3 is 1.56 bits per heavy atom. The van der Waals surface area contributed by atoms with Gasteiger partial charge in [-0.3, -0.25) is 9.59 Å². The highest BCUT2D eigenvalue weighted by molar-refractivity contribution is 5.81. The third-order valence-corrected chi connectivity index (χ3v) is 2.88. The first-order valence-corrected chi connectivity index (χ1v) is 6.15. The third kappa shape index (κ3) is 5.73. The van der Waals surface area contributed by atoms with Crippen LogP contribution >= 0.6 is 0 Å². The SMILES string of the molecule is [N-]=[N+]1CC(=O)CCCCCCCCC(=O)C1. The Balaban J connectivity index is 2.43. The van der Waals surface area contributed by atoms with Gasteiger partial charge in [0.05, 0.1) is 0 Å². The predicted molar refractivity (Wildman–Crippen MR) is 60.3 cm³/mol. The molecule has 0 radical (unpaired) electrons. The second-order valence-electron chi connectivity index (χ2n) is 4.52. The molecule has 0 aromatic carbocycles. The van der Waals surface area contributed by atoms with Crippen LogP contribution < -0.4 is 0 Å². The van der Waals surface area contributed by atoms with Crippen molar-refractivity contribution in [2.45, 2.75) is 51.4 Å². The minimum Gasteiger partial charge on any atom is -0.506 e. The van der Waals surface area contributed by atoms with Crippen LogP contribution in [0.3, 0.4) is 0 Å². The summed E-state index contributed by atoms with van der Waals surface area (Å²) in [6.07, 6.45) is 7.28. The zero-order valence-corrected chi connectivity index (χ0v) is 9.78. The normalized spacial score (nSPS) is 22.1. The molecule has 0 aliphatic carbocycles. The molecule has 1 rings (SSSR count). The van der Waals surface area contributed by atoms with Gasteiger partial charge >= 0.3 is 0 Å². The Morgan fingerprint density at radius 1 is 0.750 bits per heavy atom. The minimum atomic E-state index is -0.00819. The smallest absolute Gasteiger partial charge is 0.196 e. The number of carbonyl (C=O) groups excluding carboxylic acids is 2. The Hall–Kier alpha value is -1.06. The average Bonchev–Trinajstić information content (AvgIpc) is 2.21. The molecule has 1 aliphatic heterocycles. The molecule has 0 spiro atoms. The van der Waals surface area contributed by atoms with Crippen LogP contribution in [0.1, 0.15) is 51.4 Å². The number of hydrogen-bond donors (Lipinski definition) is 0. The Bertz CT molecular complexity index is 248. The molecule has 0 aromatic heterocycles. The van der Waals surface area contributed by atoms with Crippen molar-refractivity contribution in [3.8, 4) is 0 Å². The largest absolute Gasteiger partial charge is 0.506 e. The standard InChI is InChI=1S/C12H20N2O2/c13-14-9-11(15)7-5-3-1-2-4-6-8-12(16)10-14/h1-10H2. The molecule has 0 aromatic rings. The predicted octanol–water partition coefficient (Wildman–Crippen LogP) is 2.29. The van der Waals surface area contributed by atoms with E-state index in [9.17, 15) is 15.1 Å². The molecule has 0 amide bonds. The van der Waals surface area contributed by atoms with Crippen molar-refractivity contribution in [3.63, 3.8) is 0 Å². The average molecular weight is 224 g/mol. The maximum atomic E-state index is 11.4. The van der Waals surface area contributed by atoms with E-state index < -0.39 is 0 Å². The first kappa shape index (κ1) is 13.0. The molecule has 4 nitrogen and oxygen atoms in total. The first-order valence-electron chi connectivity index (χ1n) is 6.15. The number of ketones is 2. The summed E-state index contributed by atoms with van der Waals surface area (Å²) in [4.78, 5) is 22.8. The highest BCUT2D eigenvalue weighted by atomic mass is 16.1. The first-order chi connectivity index (χ1) is 7.68. The van der Waals surface area contributed by atoms with E-state index in [1.54, 1.807) is 0 Å². The summed E-state index contributed by atoms with van der Waals surface area (Å²) in [6.45, 7) is -0.0164. The summed E-state index contributed by atoms with van der Waals surface area (Å²) in [7, 11) is 0. The van der Waals surface area contributed by atoms with Gasteiger partial charge in [0.15, 0.2) is 24.7 Å². The fraction of sp³-hybridized carbons (Fsp3) is 0.833. The van der Waals surface area contributed by atoms with Gasteiger partial charge in [-0.1, -0.05) is 25.7 Å². The number of rotatable bonds is 0. The Morgan fingerprint density at radius 2 is 1.12 bits per heavy atom. The maximum absolute atomic E-state index is 11.4. The van der Waals surface area contributed by atoms with Crippen molar-refractivity contribution in [1.82, 2.24) is 0 Å². The molecule has 4 heteroatoms. The van der Waals surface area contributed by atoms with E-state index in [-0.39, 0.29) is 24.7 Å². The summed E-state index contributed by atoms with van der Waals surface area (Å²) in [5.41, 5.74) is 9.40. The summed E-state index contributed by atoms with van der Waals surface area (Å²) in [5, 5.41) is 0. The number of hydrogen-bond acceptors (Lipinski definition) is 2. The molecule has 0 unspecified atom stereocenters. The van der Waals surface area contributed by atoms with Crippen LogP contribution in [0, 0.1) is 0 Å². The Kier molecular flexibility index (Phi) is 5.90. The topological polar surface area (TPSA) is 59.5 Å². The van der Waals surface area contributed by atoms with Crippen LogP contribution in [0.15, 0.2) is 0 Å².